The van der Waals surface area contributed by atoms with Gasteiger partial charge < -0.3 is 14.8 Å². The molecule has 2 N–H and O–H groups in total. The van der Waals surface area contributed by atoms with Crippen LogP contribution < -0.4 is 20.1 Å². The number of thiocarbonyl (C=S) groups is 1. The second-order valence-corrected chi connectivity index (χ2v) is 7.91. The van der Waals surface area contributed by atoms with Crippen LogP contribution in [-0.4, -0.2) is 24.2 Å². The largest absolute Gasteiger partial charge is 0.490 e. The Morgan fingerprint density at radius 1 is 0.893 bits per heavy atom. The molecule has 0 aliphatic carbocycles. The molecular weight excluding hydrogens is 372 g/mol. The van der Waals surface area contributed by atoms with Gasteiger partial charge in [-0.3, -0.25) is 10.1 Å². The first-order valence-electron chi connectivity index (χ1n) is 9.11. The molecular formula is C22H24N2O3S. The van der Waals surface area contributed by atoms with Crippen LogP contribution in [0.4, 0.5) is 0 Å². The highest BCUT2D eigenvalue weighted by Crippen LogP contribution is 2.24. The summed E-state index contributed by atoms with van der Waals surface area (Å²) < 4.78 is 11.4. The number of carbonyl (C=O) groups excluding carboxylic acids is 1. The molecule has 1 heterocycles. The van der Waals surface area contributed by atoms with Gasteiger partial charge in [0.15, 0.2) is 5.11 Å². The van der Waals surface area contributed by atoms with Gasteiger partial charge in [-0.1, -0.05) is 45.0 Å². The molecule has 1 fully saturated rings. The van der Waals surface area contributed by atoms with E-state index in [9.17, 15) is 4.79 Å². The Kier molecular flexibility index (Phi) is 5.99. The summed E-state index contributed by atoms with van der Waals surface area (Å²) in [5, 5.41) is 5.67. The Balaban J connectivity index is 1.46. The number of carbonyl (C=O) groups is 1. The molecule has 0 saturated carbocycles. The maximum Gasteiger partial charge on any atom is 0.273 e. The van der Waals surface area contributed by atoms with Crippen LogP contribution in [0.3, 0.4) is 0 Å². The zero-order valence-corrected chi connectivity index (χ0v) is 17.1. The van der Waals surface area contributed by atoms with E-state index in [1.807, 2.05) is 36.4 Å². The van der Waals surface area contributed by atoms with E-state index in [1.165, 1.54) is 5.56 Å². The van der Waals surface area contributed by atoms with Gasteiger partial charge in [0.1, 0.15) is 30.4 Å². The zero-order valence-electron chi connectivity index (χ0n) is 16.2. The summed E-state index contributed by atoms with van der Waals surface area (Å²) in [6, 6.07) is 15.6. The van der Waals surface area contributed by atoms with E-state index in [2.05, 4.69) is 43.5 Å². The molecule has 0 unspecified atom stereocenters. The van der Waals surface area contributed by atoms with Gasteiger partial charge in [-0.05, 0) is 59.1 Å². The summed E-state index contributed by atoms with van der Waals surface area (Å²) in [4.78, 5) is 11.6. The van der Waals surface area contributed by atoms with Crippen molar-refractivity contribution in [3.63, 3.8) is 0 Å². The third kappa shape index (κ3) is 5.33. The van der Waals surface area contributed by atoms with Gasteiger partial charge >= 0.3 is 0 Å². The van der Waals surface area contributed by atoms with Crippen LogP contribution in [0, 0.1) is 0 Å². The third-order valence-corrected chi connectivity index (χ3v) is 4.46. The Bertz CT molecular complexity index is 881. The molecule has 5 nitrogen and oxygen atoms in total. The lowest BCUT2D eigenvalue weighted by Gasteiger charge is -2.19. The summed E-state index contributed by atoms with van der Waals surface area (Å²) in [6.07, 6.45) is 1.74. The van der Waals surface area contributed by atoms with Crippen molar-refractivity contribution >= 4 is 29.3 Å². The lowest BCUT2D eigenvalue weighted by Crippen LogP contribution is -2.21. The van der Waals surface area contributed by atoms with Crippen molar-refractivity contribution in [2.75, 3.05) is 13.2 Å². The maximum atomic E-state index is 11.6. The SMILES string of the molecule is CC(C)(C)c1ccc(OCCOc2ccc(/C=C3\NC(=S)NC3=O)cc2)cc1. The predicted octanol–water partition coefficient (Wildman–Crippen LogP) is 3.79. The fourth-order valence-electron chi connectivity index (χ4n) is 2.68. The van der Waals surface area contributed by atoms with E-state index in [0.29, 0.717) is 24.0 Å². The van der Waals surface area contributed by atoms with Gasteiger partial charge in [0.25, 0.3) is 5.91 Å². The monoisotopic (exact) mass is 396 g/mol. The second-order valence-electron chi connectivity index (χ2n) is 7.51. The van der Waals surface area contributed by atoms with Gasteiger partial charge in [0.2, 0.25) is 0 Å². The molecule has 28 heavy (non-hydrogen) atoms. The Morgan fingerprint density at radius 2 is 1.43 bits per heavy atom. The van der Waals surface area contributed by atoms with E-state index in [1.54, 1.807) is 6.08 Å². The number of ether oxygens (including phenoxy) is 2. The summed E-state index contributed by atoms with van der Waals surface area (Å²) in [5.74, 6) is 1.35. The number of hydrogen-bond acceptors (Lipinski definition) is 4. The van der Waals surface area contributed by atoms with Gasteiger partial charge in [-0.2, -0.15) is 0 Å². The summed E-state index contributed by atoms with van der Waals surface area (Å²) in [5.41, 5.74) is 2.72. The summed E-state index contributed by atoms with van der Waals surface area (Å²) in [7, 11) is 0. The van der Waals surface area contributed by atoms with E-state index >= 15 is 0 Å². The minimum absolute atomic E-state index is 0.132. The molecule has 2 aromatic carbocycles. The summed E-state index contributed by atoms with van der Waals surface area (Å²) in [6.45, 7) is 7.47. The molecule has 1 aliphatic rings. The Hall–Kier alpha value is -2.86. The first-order valence-corrected chi connectivity index (χ1v) is 9.52. The third-order valence-electron chi connectivity index (χ3n) is 4.25. The first kappa shape index (κ1) is 19.9. The number of amides is 1. The van der Waals surface area contributed by atoms with E-state index in [0.717, 1.165) is 17.1 Å². The fourth-order valence-corrected chi connectivity index (χ4v) is 2.88. The molecule has 0 atom stereocenters. The van der Waals surface area contributed by atoms with E-state index in [-0.39, 0.29) is 11.3 Å². The van der Waals surface area contributed by atoms with Crippen molar-refractivity contribution in [3.05, 3.63) is 65.4 Å². The van der Waals surface area contributed by atoms with Crippen molar-refractivity contribution in [1.29, 1.82) is 0 Å². The van der Waals surface area contributed by atoms with Gasteiger partial charge in [0.05, 0.1) is 0 Å². The molecule has 146 valence electrons. The standard InChI is InChI=1S/C22H24N2O3S/c1-22(2,3)16-6-10-18(11-7-16)27-13-12-26-17-8-4-15(5-9-17)14-19-20(25)24-21(28)23-19/h4-11,14H,12-13H2,1-3H3,(H2,23,24,25,28)/b19-14-. The average Bonchev–Trinajstić information content (AvgIpc) is 2.97. The van der Waals surface area contributed by atoms with Crippen LogP contribution in [0.2, 0.25) is 0 Å². The highest BCUT2D eigenvalue weighted by molar-refractivity contribution is 7.80. The van der Waals surface area contributed by atoms with E-state index in [4.69, 9.17) is 21.7 Å². The van der Waals surface area contributed by atoms with Gasteiger partial charge in [-0.15, -0.1) is 0 Å². The first-order chi connectivity index (χ1) is 13.3. The topological polar surface area (TPSA) is 59.6 Å². The smallest absolute Gasteiger partial charge is 0.273 e. The number of rotatable bonds is 6. The van der Waals surface area contributed by atoms with Crippen molar-refractivity contribution in [1.82, 2.24) is 10.6 Å². The highest BCUT2D eigenvalue weighted by atomic mass is 32.1. The lowest BCUT2D eigenvalue weighted by molar-refractivity contribution is -0.115. The average molecular weight is 397 g/mol. The fraction of sp³-hybridized carbons (Fsp3) is 0.273. The van der Waals surface area contributed by atoms with Crippen LogP contribution in [0.5, 0.6) is 11.5 Å². The molecule has 2 aromatic rings. The molecule has 1 amide bonds. The lowest BCUT2D eigenvalue weighted by atomic mass is 9.87. The Labute approximate surface area is 170 Å². The van der Waals surface area contributed by atoms with Crippen molar-refractivity contribution in [2.24, 2.45) is 0 Å². The Morgan fingerprint density at radius 3 is 1.89 bits per heavy atom. The molecule has 1 aliphatic heterocycles. The van der Waals surface area contributed by atoms with Crippen molar-refractivity contribution in [3.8, 4) is 11.5 Å². The normalized spacial score (nSPS) is 15.3. The molecule has 1 saturated heterocycles. The molecule has 0 spiro atoms. The van der Waals surface area contributed by atoms with Gasteiger partial charge in [-0.25, -0.2) is 0 Å². The van der Waals surface area contributed by atoms with Gasteiger partial charge in [0, 0.05) is 0 Å². The van der Waals surface area contributed by atoms with Crippen LogP contribution >= 0.6 is 12.2 Å². The number of nitrogens with one attached hydrogen (secondary N) is 2. The molecule has 0 radical (unpaired) electrons. The zero-order chi connectivity index (χ0) is 20.1. The minimum atomic E-state index is -0.224. The minimum Gasteiger partial charge on any atom is -0.490 e. The van der Waals surface area contributed by atoms with Crippen LogP contribution in [0.25, 0.3) is 6.08 Å². The van der Waals surface area contributed by atoms with E-state index < -0.39 is 0 Å². The molecule has 0 bridgehead atoms. The predicted molar refractivity (Wildman–Crippen MR) is 114 cm³/mol. The van der Waals surface area contributed by atoms with Crippen LogP contribution in [0.15, 0.2) is 54.2 Å². The van der Waals surface area contributed by atoms with Crippen LogP contribution in [0.1, 0.15) is 31.9 Å². The quantitative estimate of drug-likeness (QED) is 0.442. The van der Waals surface area contributed by atoms with Crippen molar-refractivity contribution < 1.29 is 14.3 Å². The van der Waals surface area contributed by atoms with Crippen molar-refractivity contribution in [2.45, 2.75) is 26.2 Å². The molecule has 3 rings (SSSR count). The van der Waals surface area contributed by atoms with Crippen LogP contribution in [-0.2, 0) is 10.2 Å². The number of benzene rings is 2. The maximum absolute atomic E-state index is 11.6. The summed E-state index contributed by atoms with van der Waals surface area (Å²) >= 11 is 4.91. The highest BCUT2D eigenvalue weighted by Gasteiger charge is 2.19. The molecule has 6 heteroatoms. The number of hydrogen-bond donors (Lipinski definition) is 2. The molecule has 0 aromatic heterocycles. The second kappa shape index (κ2) is 8.44.